The first kappa shape index (κ1) is 23.2. The van der Waals surface area contributed by atoms with Gasteiger partial charge in [-0.25, -0.2) is 19.3 Å². The number of imidazole rings is 1. The van der Waals surface area contributed by atoms with E-state index in [-0.39, 0.29) is 12.2 Å². The molecule has 0 aliphatic rings. The summed E-state index contributed by atoms with van der Waals surface area (Å²) in [6.07, 6.45) is 1.85. The molecule has 0 bridgehead atoms. The number of aromatic nitrogens is 4. The van der Waals surface area contributed by atoms with Crippen LogP contribution in [0.15, 0.2) is 53.1 Å². The number of hydrogen-bond acceptors (Lipinski definition) is 9. The van der Waals surface area contributed by atoms with Gasteiger partial charge in [0.05, 0.1) is 23.7 Å². The van der Waals surface area contributed by atoms with Crippen molar-refractivity contribution in [1.82, 2.24) is 19.6 Å². The summed E-state index contributed by atoms with van der Waals surface area (Å²) in [5.41, 5.74) is 3.33. The van der Waals surface area contributed by atoms with E-state index in [9.17, 15) is 4.79 Å². The third-order valence-corrected chi connectivity index (χ3v) is 7.67. The van der Waals surface area contributed by atoms with Gasteiger partial charge in [-0.2, -0.15) is 5.10 Å². The van der Waals surface area contributed by atoms with E-state index in [1.54, 1.807) is 35.9 Å². The molecular weight excluding hydrogens is 512 g/mol. The van der Waals surface area contributed by atoms with Crippen molar-refractivity contribution >= 4 is 44.6 Å². The van der Waals surface area contributed by atoms with E-state index < -0.39 is 5.97 Å². The van der Waals surface area contributed by atoms with E-state index in [0.717, 1.165) is 36.4 Å². The highest BCUT2D eigenvalue weighted by Gasteiger charge is 2.17. The first-order valence-corrected chi connectivity index (χ1v) is 12.9. The molecule has 0 aliphatic heterocycles. The zero-order valence-corrected chi connectivity index (χ0v) is 21.6. The molecule has 37 heavy (non-hydrogen) atoms. The number of thiazole rings is 1. The number of ether oxygens (including phenoxy) is 2. The number of furan rings is 1. The van der Waals surface area contributed by atoms with Crippen molar-refractivity contribution in [3.8, 4) is 33.7 Å². The van der Waals surface area contributed by atoms with Crippen LogP contribution in [0.2, 0.25) is 0 Å². The molecule has 0 aliphatic carbocycles. The Morgan fingerprint density at radius 1 is 1.11 bits per heavy atom. The summed E-state index contributed by atoms with van der Waals surface area (Å²) in [5, 5.41) is 16.2. The third-order valence-electron chi connectivity index (χ3n) is 5.83. The molecule has 6 rings (SSSR count). The number of carboxylic acids is 1. The van der Waals surface area contributed by atoms with Gasteiger partial charge in [0.1, 0.15) is 33.6 Å². The lowest BCUT2D eigenvalue weighted by Crippen LogP contribution is -1.98. The molecule has 4 heterocycles. The van der Waals surface area contributed by atoms with Gasteiger partial charge in [0.15, 0.2) is 5.76 Å². The highest BCUT2D eigenvalue weighted by Crippen LogP contribution is 2.36. The molecule has 1 N–H and O–H groups in total. The fourth-order valence-electron chi connectivity index (χ4n) is 4.01. The Bertz CT molecular complexity index is 1750. The Kier molecular flexibility index (Phi) is 5.65. The largest absolute Gasteiger partial charge is 0.497 e. The molecule has 4 aromatic heterocycles. The molecule has 0 amide bonds. The molecule has 0 saturated heterocycles. The molecule has 0 unspecified atom stereocenters. The Labute approximate surface area is 218 Å². The first-order valence-electron chi connectivity index (χ1n) is 11.3. The average Bonchev–Trinajstić information content (AvgIpc) is 3.64. The zero-order chi connectivity index (χ0) is 25.7. The topological polar surface area (TPSA) is 112 Å². The van der Waals surface area contributed by atoms with Crippen LogP contribution in [0.25, 0.3) is 38.0 Å². The van der Waals surface area contributed by atoms with Gasteiger partial charge in [0.25, 0.3) is 0 Å². The minimum atomic E-state index is -0.961. The molecule has 2 aromatic carbocycles. The number of hydrogen-bond donors (Lipinski definition) is 1. The highest BCUT2D eigenvalue weighted by molar-refractivity contribution is 7.16. The van der Waals surface area contributed by atoms with Gasteiger partial charge in [-0.15, -0.1) is 11.3 Å². The molecule has 6 aromatic rings. The molecule has 0 fully saturated rings. The monoisotopic (exact) mass is 532 g/mol. The number of methoxy groups -OCH3 is 1. The summed E-state index contributed by atoms with van der Waals surface area (Å²) in [4.78, 5) is 22.2. The van der Waals surface area contributed by atoms with Gasteiger partial charge in [-0.05, 0) is 38.1 Å². The minimum Gasteiger partial charge on any atom is -0.497 e. The number of aromatic carboxylic acids is 1. The molecule has 0 atom stereocenters. The van der Waals surface area contributed by atoms with Crippen LogP contribution in [0.5, 0.6) is 11.6 Å². The van der Waals surface area contributed by atoms with Crippen molar-refractivity contribution in [3.05, 3.63) is 69.7 Å². The van der Waals surface area contributed by atoms with Gasteiger partial charge in [-0.1, -0.05) is 23.5 Å². The van der Waals surface area contributed by atoms with Crippen molar-refractivity contribution in [3.63, 3.8) is 0 Å². The number of fused-ring (bicyclic) bond motifs is 2. The second-order valence-electron chi connectivity index (χ2n) is 8.33. The molecule has 0 saturated carbocycles. The van der Waals surface area contributed by atoms with Gasteiger partial charge >= 0.3 is 5.97 Å². The van der Waals surface area contributed by atoms with Crippen LogP contribution in [-0.2, 0) is 6.61 Å². The maximum Gasteiger partial charge on any atom is 0.335 e. The van der Waals surface area contributed by atoms with Crippen LogP contribution >= 0.6 is 22.7 Å². The van der Waals surface area contributed by atoms with E-state index in [2.05, 4.69) is 15.1 Å². The molecule has 9 nitrogen and oxygen atoms in total. The fourth-order valence-corrected chi connectivity index (χ4v) is 5.60. The number of nitrogens with zero attached hydrogens (tertiary/aromatic N) is 4. The summed E-state index contributed by atoms with van der Waals surface area (Å²) in [6.45, 7) is 4.15. The number of carboxylic acid groups (broad SMARTS) is 1. The van der Waals surface area contributed by atoms with Crippen LogP contribution in [0.3, 0.4) is 0 Å². The lowest BCUT2D eigenvalue weighted by Gasteiger charge is -2.07. The molecule has 0 spiro atoms. The van der Waals surface area contributed by atoms with Crippen LogP contribution in [-0.4, -0.2) is 37.8 Å². The van der Waals surface area contributed by atoms with Crippen LogP contribution in [0.1, 0.15) is 25.8 Å². The predicted molar refractivity (Wildman–Crippen MR) is 141 cm³/mol. The predicted octanol–water partition coefficient (Wildman–Crippen LogP) is 6.23. The van der Waals surface area contributed by atoms with E-state index >= 15 is 0 Å². The van der Waals surface area contributed by atoms with Crippen LogP contribution in [0, 0.1) is 13.8 Å². The first-order chi connectivity index (χ1) is 17.9. The average molecular weight is 533 g/mol. The molecule has 11 heteroatoms. The second-order valence-corrected chi connectivity index (χ2v) is 10.7. The zero-order valence-electron chi connectivity index (χ0n) is 20.0. The van der Waals surface area contributed by atoms with Crippen molar-refractivity contribution in [2.45, 2.75) is 20.5 Å². The van der Waals surface area contributed by atoms with E-state index in [1.807, 2.05) is 38.2 Å². The highest BCUT2D eigenvalue weighted by atomic mass is 32.1. The van der Waals surface area contributed by atoms with Crippen LogP contribution < -0.4 is 9.47 Å². The maximum absolute atomic E-state index is 11.1. The Morgan fingerprint density at radius 3 is 2.65 bits per heavy atom. The van der Waals surface area contributed by atoms with Crippen molar-refractivity contribution in [2.75, 3.05) is 7.11 Å². The Hall–Kier alpha value is -4.22. The quantitative estimate of drug-likeness (QED) is 0.257. The van der Waals surface area contributed by atoms with Crippen molar-refractivity contribution in [1.29, 1.82) is 0 Å². The van der Waals surface area contributed by atoms with E-state index in [1.165, 1.54) is 22.7 Å². The second kappa shape index (κ2) is 9.02. The normalized spacial score (nSPS) is 11.4. The fraction of sp³-hybridized carbons (Fsp3) is 0.154. The summed E-state index contributed by atoms with van der Waals surface area (Å²) >= 11 is 3.01. The number of benzene rings is 2. The summed E-state index contributed by atoms with van der Waals surface area (Å²) < 4.78 is 19.5. The summed E-state index contributed by atoms with van der Waals surface area (Å²) in [5.74, 6) is 0.858. The number of rotatable bonds is 7. The number of carbonyl (C=O) groups is 1. The lowest BCUT2D eigenvalue weighted by molar-refractivity contribution is 0.0697. The third kappa shape index (κ3) is 4.32. The minimum absolute atomic E-state index is 0.233. The van der Waals surface area contributed by atoms with Gasteiger partial charge in [0, 0.05) is 22.6 Å². The summed E-state index contributed by atoms with van der Waals surface area (Å²) in [7, 11) is 1.61. The van der Waals surface area contributed by atoms with Crippen LogP contribution in [0.4, 0.5) is 0 Å². The standard InChI is InChI=1S/C26H20N4O5S2/c1-13-23(28-24(36-13)15-4-6-16(7-5-15)25(31)32)34-12-17-8-18(33-3)9-21-19(17)10-22(35-21)20-11-30-26(27-20)37-14(2)29-30/h4-11H,12H2,1-3H3,(H,31,32). The maximum atomic E-state index is 11.1. The Morgan fingerprint density at radius 2 is 1.92 bits per heavy atom. The smallest absolute Gasteiger partial charge is 0.335 e. The molecular formula is C26H20N4O5S2. The lowest BCUT2D eigenvalue weighted by atomic mass is 10.1. The van der Waals surface area contributed by atoms with Crippen molar-refractivity contribution in [2.24, 2.45) is 0 Å². The van der Waals surface area contributed by atoms with E-state index in [0.29, 0.717) is 28.7 Å². The Balaban J connectivity index is 1.29. The van der Waals surface area contributed by atoms with Crippen molar-refractivity contribution < 1.29 is 23.8 Å². The van der Waals surface area contributed by atoms with Gasteiger partial charge in [-0.3, -0.25) is 0 Å². The summed E-state index contributed by atoms with van der Waals surface area (Å²) in [6, 6.07) is 12.4. The van der Waals surface area contributed by atoms with E-state index in [4.69, 9.17) is 19.0 Å². The SMILES string of the molecule is COc1cc(COc2nc(-c3ccc(C(=O)O)cc3)sc2C)c2cc(-c3cn4nc(C)sc4n3)oc2c1. The molecule has 0 radical (unpaired) electrons. The van der Waals surface area contributed by atoms with Gasteiger partial charge < -0.3 is 19.0 Å². The molecule has 186 valence electrons. The number of aryl methyl sites for hydroxylation is 2. The van der Waals surface area contributed by atoms with Gasteiger partial charge in [0.2, 0.25) is 10.8 Å².